The maximum Gasteiger partial charge on any atom is 0.175 e. The maximum absolute atomic E-state index is 4.31. The van der Waals surface area contributed by atoms with E-state index in [1.165, 1.54) is 5.56 Å². The Morgan fingerprint density at radius 3 is 3.00 bits per heavy atom. The molecule has 2 aromatic rings. The number of imidazole rings is 1. The van der Waals surface area contributed by atoms with Gasteiger partial charge in [-0.3, -0.25) is 0 Å². The van der Waals surface area contributed by atoms with E-state index in [1.807, 2.05) is 0 Å². The Labute approximate surface area is 104 Å². The molecule has 0 amide bonds. The normalized spacial score (nSPS) is 11.5. The van der Waals surface area contributed by atoms with Crippen LogP contribution in [0.2, 0.25) is 0 Å². The van der Waals surface area contributed by atoms with Crippen LogP contribution in [-0.4, -0.2) is 22.6 Å². The molecule has 2 rings (SSSR count). The van der Waals surface area contributed by atoms with Gasteiger partial charge >= 0.3 is 0 Å². The van der Waals surface area contributed by atoms with Gasteiger partial charge in [0.15, 0.2) is 4.73 Å². The van der Waals surface area contributed by atoms with Crippen molar-refractivity contribution in [3.8, 4) is 0 Å². The SMILES string of the molecule is CC(C)NCCc1ccc2nc(Br)[nH]c2c1. The number of H-pyrrole nitrogens is 1. The van der Waals surface area contributed by atoms with E-state index in [-0.39, 0.29) is 0 Å². The average Bonchev–Trinajstić information content (AvgIpc) is 2.56. The summed E-state index contributed by atoms with van der Waals surface area (Å²) in [6, 6.07) is 6.90. The van der Waals surface area contributed by atoms with Crippen LogP contribution in [0.5, 0.6) is 0 Å². The second-order valence-electron chi connectivity index (χ2n) is 4.24. The van der Waals surface area contributed by atoms with Crippen LogP contribution >= 0.6 is 15.9 Å². The Hall–Kier alpha value is -0.870. The second-order valence-corrected chi connectivity index (χ2v) is 4.99. The minimum atomic E-state index is 0.546. The van der Waals surface area contributed by atoms with E-state index in [0.29, 0.717) is 6.04 Å². The van der Waals surface area contributed by atoms with Crippen molar-refractivity contribution in [3.05, 3.63) is 28.5 Å². The van der Waals surface area contributed by atoms with Gasteiger partial charge in [-0.1, -0.05) is 19.9 Å². The Balaban J connectivity index is 2.07. The van der Waals surface area contributed by atoms with E-state index in [4.69, 9.17) is 0 Å². The first-order chi connectivity index (χ1) is 7.65. The highest BCUT2D eigenvalue weighted by molar-refractivity contribution is 9.10. The van der Waals surface area contributed by atoms with Gasteiger partial charge in [-0.05, 0) is 46.6 Å². The molecule has 0 spiro atoms. The highest BCUT2D eigenvalue weighted by Gasteiger charge is 2.01. The number of hydrogen-bond donors (Lipinski definition) is 2. The van der Waals surface area contributed by atoms with Gasteiger partial charge in [0.05, 0.1) is 11.0 Å². The zero-order valence-electron chi connectivity index (χ0n) is 9.55. The second kappa shape index (κ2) is 4.97. The molecule has 0 atom stereocenters. The van der Waals surface area contributed by atoms with E-state index in [0.717, 1.165) is 28.7 Å². The smallest absolute Gasteiger partial charge is 0.175 e. The molecule has 0 bridgehead atoms. The van der Waals surface area contributed by atoms with E-state index >= 15 is 0 Å². The summed E-state index contributed by atoms with van der Waals surface area (Å²) in [6.07, 6.45) is 1.05. The van der Waals surface area contributed by atoms with Crippen LogP contribution in [0.4, 0.5) is 0 Å². The molecule has 0 unspecified atom stereocenters. The standard InChI is InChI=1S/C12H16BrN3/c1-8(2)14-6-5-9-3-4-10-11(7-9)16-12(13)15-10/h3-4,7-8,14H,5-6H2,1-2H3,(H,15,16). The van der Waals surface area contributed by atoms with E-state index in [1.54, 1.807) is 0 Å². The van der Waals surface area contributed by atoms with Gasteiger partial charge in [-0.15, -0.1) is 0 Å². The zero-order chi connectivity index (χ0) is 11.5. The molecule has 86 valence electrons. The molecule has 0 fully saturated rings. The number of hydrogen-bond acceptors (Lipinski definition) is 2. The molecule has 1 aromatic carbocycles. The molecule has 3 nitrogen and oxygen atoms in total. The lowest BCUT2D eigenvalue weighted by Crippen LogP contribution is -2.24. The lowest BCUT2D eigenvalue weighted by molar-refractivity contribution is 0.590. The minimum absolute atomic E-state index is 0.546. The first-order valence-electron chi connectivity index (χ1n) is 5.52. The largest absolute Gasteiger partial charge is 0.332 e. The fraction of sp³-hybridized carbons (Fsp3) is 0.417. The molecule has 2 N–H and O–H groups in total. The van der Waals surface area contributed by atoms with Crippen LogP contribution in [0.1, 0.15) is 19.4 Å². The molecule has 0 aliphatic rings. The lowest BCUT2D eigenvalue weighted by atomic mass is 10.1. The highest BCUT2D eigenvalue weighted by atomic mass is 79.9. The van der Waals surface area contributed by atoms with Crippen molar-refractivity contribution < 1.29 is 0 Å². The Kier molecular flexibility index (Phi) is 3.61. The summed E-state index contributed by atoms with van der Waals surface area (Å²) in [5.74, 6) is 0. The third-order valence-corrected chi connectivity index (χ3v) is 2.86. The number of fused-ring (bicyclic) bond motifs is 1. The molecule has 0 aliphatic heterocycles. The van der Waals surface area contributed by atoms with Gasteiger partial charge < -0.3 is 10.3 Å². The number of aromatic amines is 1. The summed E-state index contributed by atoms with van der Waals surface area (Å²) in [6.45, 7) is 5.34. The predicted octanol–water partition coefficient (Wildman–Crippen LogP) is 2.87. The number of aromatic nitrogens is 2. The predicted molar refractivity (Wildman–Crippen MR) is 70.6 cm³/mol. The molecule has 0 saturated carbocycles. The number of rotatable bonds is 4. The van der Waals surface area contributed by atoms with E-state index in [9.17, 15) is 0 Å². The number of nitrogens with zero attached hydrogens (tertiary/aromatic N) is 1. The first-order valence-corrected chi connectivity index (χ1v) is 6.32. The fourth-order valence-electron chi connectivity index (χ4n) is 1.69. The summed E-state index contributed by atoms with van der Waals surface area (Å²) in [5.41, 5.74) is 3.43. The van der Waals surface area contributed by atoms with Crippen LogP contribution in [0.15, 0.2) is 22.9 Å². The van der Waals surface area contributed by atoms with Crippen LogP contribution in [0, 0.1) is 0 Å². The van der Waals surface area contributed by atoms with Gasteiger partial charge in [0, 0.05) is 6.04 Å². The highest BCUT2D eigenvalue weighted by Crippen LogP contribution is 2.16. The molecule has 1 aromatic heterocycles. The third kappa shape index (κ3) is 2.83. The van der Waals surface area contributed by atoms with Gasteiger partial charge in [0.2, 0.25) is 0 Å². The van der Waals surface area contributed by atoms with Crippen molar-refractivity contribution in [1.82, 2.24) is 15.3 Å². The van der Waals surface area contributed by atoms with Crippen molar-refractivity contribution >= 4 is 27.0 Å². The van der Waals surface area contributed by atoms with Crippen molar-refractivity contribution in [2.75, 3.05) is 6.54 Å². The number of benzene rings is 1. The minimum Gasteiger partial charge on any atom is -0.332 e. The van der Waals surface area contributed by atoms with E-state index in [2.05, 4.69) is 63.3 Å². The van der Waals surface area contributed by atoms with Crippen molar-refractivity contribution in [2.45, 2.75) is 26.3 Å². The van der Waals surface area contributed by atoms with Crippen LogP contribution < -0.4 is 5.32 Å². The quantitative estimate of drug-likeness (QED) is 0.905. The molecule has 0 aliphatic carbocycles. The van der Waals surface area contributed by atoms with Crippen LogP contribution in [-0.2, 0) is 6.42 Å². The van der Waals surface area contributed by atoms with Crippen LogP contribution in [0.3, 0.4) is 0 Å². The summed E-state index contributed by atoms with van der Waals surface area (Å²) in [5, 5.41) is 3.41. The zero-order valence-corrected chi connectivity index (χ0v) is 11.1. The molecular weight excluding hydrogens is 266 g/mol. The molecular formula is C12H16BrN3. The number of halogens is 1. The van der Waals surface area contributed by atoms with Gasteiger partial charge in [-0.2, -0.15) is 0 Å². The summed E-state index contributed by atoms with van der Waals surface area (Å²) in [4.78, 5) is 7.49. The molecule has 1 heterocycles. The lowest BCUT2D eigenvalue weighted by Gasteiger charge is -2.07. The average molecular weight is 282 g/mol. The topological polar surface area (TPSA) is 40.7 Å². The molecule has 4 heteroatoms. The van der Waals surface area contributed by atoms with Crippen molar-refractivity contribution in [2.24, 2.45) is 0 Å². The van der Waals surface area contributed by atoms with Crippen LogP contribution in [0.25, 0.3) is 11.0 Å². The Bertz CT molecular complexity index is 476. The first kappa shape index (κ1) is 11.6. The summed E-state index contributed by atoms with van der Waals surface area (Å²) < 4.78 is 0.792. The van der Waals surface area contributed by atoms with Crippen molar-refractivity contribution in [3.63, 3.8) is 0 Å². The fourth-order valence-corrected chi connectivity index (χ4v) is 2.09. The summed E-state index contributed by atoms with van der Waals surface area (Å²) >= 11 is 3.34. The molecule has 0 saturated heterocycles. The summed E-state index contributed by atoms with van der Waals surface area (Å²) in [7, 11) is 0. The van der Waals surface area contributed by atoms with Gasteiger partial charge in [0.1, 0.15) is 0 Å². The number of nitrogens with one attached hydrogen (secondary N) is 2. The monoisotopic (exact) mass is 281 g/mol. The molecule has 16 heavy (non-hydrogen) atoms. The van der Waals surface area contributed by atoms with E-state index < -0.39 is 0 Å². The van der Waals surface area contributed by atoms with Gasteiger partial charge in [0.25, 0.3) is 0 Å². The molecule has 0 radical (unpaired) electrons. The van der Waals surface area contributed by atoms with Gasteiger partial charge in [-0.25, -0.2) is 4.98 Å². The Morgan fingerprint density at radius 2 is 2.25 bits per heavy atom. The Morgan fingerprint density at radius 1 is 1.44 bits per heavy atom. The van der Waals surface area contributed by atoms with Crippen molar-refractivity contribution in [1.29, 1.82) is 0 Å². The third-order valence-electron chi connectivity index (χ3n) is 2.48. The maximum atomic E-state index is 4.31.